The van der Waals surface area contributed by atoms with Crippen LogP contribution in [0.15, 0.2) is 48.7 Å². The van der Waals surface area contributed by atoms with Crippen molar-refractivity contribution in [3.63, 3.8) is 0 Å². The van der Waals surface area contributed by atoms with Crippen molar-refractivity contribution in [3.8, 4) is 0 Å². The fourth-order valence-corrected chi connectivity index (χ4v) is 5.92. The van der Waals surface area contributed by atoms with Gasteiger partial charge in [0.2, 0.25) is 0 Å². The van der Waals surface area contributed by atoms with Crippen LogP contribution in [-0.4, -0.2) is 27.8 Å². The molecule has 0 aliphatic carbocycles. The number of hydrogen-bond acceptors (Lipinski definition) is 3. The van der Waals surface area contributed by atoms with E-state index in [2.05, 4.69) is 82.8 Å². The maximum Gasteiger partial charge on any atom is 0.174 e. The second-order valence-corrected chi connectivity index (χ2v) is 10.5. The third-order valence-electron chi connectivity index (χ3n) is 7.56. The lowest BCUT2D eigenvalue weighted by Gasteiger charge is -2.33. The number of halogens is 1. The highest BCUT2D eigenvalue weighted by molar-refractivity contribution is 7.80. The molecule has 2 aliphatic heterocycles. The van der Waals surface area contributed by atoms with E-state index in [1.807, 2.05) is 18.3 Å². The molecular weight excluding hydrogens is 462 g/mol. The van der Waals surface area contributed by atoms with Crippen LogP contribution in [0, 0.1) is 19.8 Å². The first kappa shape index (κ1) is 23.2. The molecule has 0 bridgehead atoms. The summed E-state index contributed by atoms with van der Waals surface area (Å²) in [7, 11) is 2.11. The molecule has 0 amide bonds. The van der Waals surface area contributed by atoms with Gasteiger partial charge in [0.15, 0.2) is 5.11 Å². The highest BCUT2D eigenvalue weighted by Gasteiger charge is 2.42. The van der Waals surface area contributed by atoms with Gasteiger partial charge < -0.3 is 19.7 Å². The second-order valence-electron chi connectivity index (χ2n) is 9.69. The Kier molecular flexibility index (Phi) is 6.30. The van der Waals surface area contributed by atoms with Crippen LogP contribution in [-0.2, 0) is 7.05 Å². The summed E-state index contributed by atoms with van der Waals surface area (Å²) in [5, 5.41) is 5.02. The highest BCUT2D eigenvalue weighted by atomic mass is 35.5. The summed E-state index contributed by atoms with van der Waals surface area (Å²) >= 11 is 12.8. The Bertz CT molecular complexity index is 1200. The molecule has 0 unspecified atom stereocenters. The van der Waals surface area contributed by atoms with Gasteiger partial charge in [-0.25, -0.2) is 0 Å². The Balaban J connectivity index is 1.55. The van der Waals surface area contributed by atoms with E-state index >= 15 is 0 Å². The van der Waals surface area contributed by atoms with Crippen molar-refractivity contribution in [1.29, 1.82) is 0 Å². The molecule has 2 atom stereocenters. The van der Waals surface area contributed by atoms with E-state index in [0.29, 0.717) is 5.11 Å². The van der Waals surface area contributed by atoms with Crippen LogP contribution in [0.2, 0.25) is 5.02 Å². The molecule has 2 aliphatic rings. The van der Waals surface area contributed by atoms with Crippen molar-refractivity contribution >= 4 is 40.3 Å². The summed E-state index contributed by atoms with van der Waals surface area (Å²) in [6.07, 6.45) is 4.26. The molecular formula is C27H32ClN5S. The Labute approximate surface area is 212 Å². The quantitative estimate of drug-likeness (QED) is 0.444. The first-order chi connectivity index (χ1) is 16.3. The van der Waals surface area contributed by atoms with E-state index in [1.54, 1.807) is 0 Å². The molecule has 1 N–H and O–H groups in total. The topological polar surface area (TPSA) is 36.3 Å². The molecule has 178 valence electrons. The lowest BCUT2D eigenvalue weighted by molar-refractivity contribution is 0.438. The van der Waals surface area contributed by atoms with Crippen molar-refractivity contribution in [3.05, 3.63) is 76.3 Å². The van der Waals surface area contributed by atoms with Gasteiger partial charge in [0, 0.05) is 43.4 Å². The average molecular weight is 494 g/mol. The molecule has 2 aromatic heterocycles. The van der Waals surface area contributed by atoms with Gasteiger partial charge in [-0.2, -0.15) is 0 Å². The Morgan fingerprint density at radius 1 is 1.09 bits per heavy atom. The molecule has 0 radical (unpaired) electrons. The Hall–Kier alpha value is -2.57. The fourth-order valence-electron chi connectivity index (χ4n) is 5.28. The van der Waals surface area contributed by atoms with Crippen LogP contribution in [0.5, 0.6) is 0 Å². The number of hydrogen-bond donors (Lipinski definition) is 1. The molecule has 5 nitrogen and oxygen atoms in total. The molecule has 2 saturated heterocycles. The van der Waals surface area contributed by atoms with Crippen LogP contribution in [0.25, 0.3) is 0 Å². The second kappa shape index (κ2) is 9.23. The molecule has 34 heavy (non-hydrogen) atoms. The summed E-state index contributed by atoms with van der Waals surface area (Å²) in [5.41, 5.74) is 6.78. The molecule has 3 aromatic rings. The summed E-state index contributed by atoms with van der Waals surface area (Å²) in [6, 6.07) is 14.6. The van der Waals surface area contributed by atoms with Gasteiger partial charge in [0.1, 0.15) is 0 Å². The number of anilines is 2. The number of thiocarbonyl (C=S) groups is 1. The van der Waals surface area contributed by atoms with Crippen LogP contribution >= 0.6 is 23.8 Å². The molecule has 2 fully saturated rings. The van der Waals surface area contributed by atoms with Gasteiger partial charge in [0.05, 0.1) is 28.5 Å². The monoisotopic (exact) mass is 493 g/mol. The van der Waals surface area contributed by atoms with Crippen LogP contribution in [0.1, 0.15) is 54.5 Å². The van der Waals surface area contributed by atoms with Gasteiger partial charge >= 0.3 is 0 Å². The van der Waals surface area contributed by atoms with E-state index in [1.165, 1.54) is 29.8 Å². The lowest BCUT2D eigenvalue weighted by Crippen LogP contribution is -2.33. The highest BCUT2D eigenvalue weighted by Crippen LogP contribution is 2.44. The van der Waals surface area contributed by atoms with E-state index in [0.717, 1.165) is 41.1 Å². The molecule has 4 heterocycles. The van der Waals surface area contributed by atoms with E-state index in [9.17, 15) is 0 Å². The van der Waals surface area contributed by atoms with E-state index < -0.39 is 0 Å². The normalized spacial score (nSPS) is 21.3. The number of piperidine rings is 1. The number of nitrogens with one attached hydrogen (secondary N) is 1. The first-order valence-electron chi connectivity index (χ1n) is 12.0. The number of benzene rings is 1. The van der Waals surface area contributed by atoms with Gasteiger partial charge in [-0.3, -0.25) is 4.98 Å². The predicted molar refractivity (Wildman–Crippen MR) is 145 cm³/mol. The molecule has 7 heteroatoms. The third kappa shape index (κ3) is 4.07. The van der Waals surface area contributed by atoms with Crippen molar-refractivity contribution in [1.82, 2.24) is 14.9 Å². The zero-order valence-corrected chi connectivity index (χ0v) is 21.8. The minimum absolute atomic E-state index is 0.0277. The summed E-state index contributed by atoms with van der Waals surface area (Å²) < 4.78 is 2.23. The molecule has 0 spiro atoms. The Morgan fingerprint density at radius 2 is 1.85 bits per heavy atom. The van der Waals surface area contributed by atoms with Crippen LogP contribution < -0.4 is 15.1 Å². The molecule has 0 saturated carbocycles. The minimum Gasteiger partial charge on any atom is -0.370 e. The summed E-state index contributed by atoms with van der Waals surface area (Å²) in [4.78, 5) is 9.29. The van der Waals surface area contributed by atoms with E-state index in [-0.39, 0.29) is 12.1 Å². The fraction of sp³-hybridized carbons (Fsp3) is 0.407. The Morgan fingerprint density at radius 3 is 2.47 bits per heavy atom. The maximum absolute atomic E-state index is 6.88. The van der Waals surface area contributed by atoms with Crippen LogP contribution in [0.3, 0.4) is 0 Å². The SMILES string of the molecule is Cc1cc([C@@H]2[C@@H](c3ccccn3)NC(=S)N2c2ccc(N3CCC(C)CC3)c(Cl)c2)c(C)n1C. The minimum atomic E-state index is -0.0590. The van der Waals surface area contributed by atoms with Crippen LogP contribution in [0.4, 0.5) is 11.4 Å². The number of nitrogens with zero attached hydrogens (tertiary/aromatic N) is 4. The zero-order valence-electron chi connectivity index (χ0n) is 20.3. The zero-order chi connectivity index (χ0) is 24.0. The van der Waals surface area contributed by atoms with E-state index in [4.69, 9.17) is 23.8 Å². The van der Waals surface area contributed by atoms with Crippen molar-refractivity contribution < 1.29 is 0 Å². The number of aromatic nitrogens is 2. The predicted octanol–water partition coefficient (Wildman–Crippen LogP) is 6.10. The summed E-state index contributed by atoms with van der Waals surface area (Å²) in [6.45, 7) is 8.75. The van der Waals surface area contributed by atoms with Crippen molar-refractivity contribution in [2.24, 2.45) is 13.0 Å². The van der Waals surface area contributed by atoms with Crippen molar-refractivity contribution in [2.75, 3.05) is 22.9 Å². The molecule has 5 rings (SSSR count). The third-order valence-corrected chi connectivity index (χ3v) is 8.18. The van der Waals surface area contributed by atoms with Gasteiger partial charge in [0.25, 0.3) is 0 Å². The lowest BCUT2D eigenvalue weighted by atomic mass is 9.96. The first-order valence-corrected chi connectivity index (χ1v) is 12.8. The maximum atomic E-state index is 6.88. The van der Waals surface area contributed by atoms with Gasteiger partial charge in [-0.15, -0.1) is 0 Å². The van der Waals surface area contributed by atoms with Gasteiger partial charge in [-0.05, 0) is 86.8 Å². The number of aryl methyl sites for hydroxylation is 1. The summed E-state index contributed by atoms with van der Waals surface area (Å²) in [5.74, 6) is 0.782. The van der Waals surface area contributed by atoms with Gasteiger partial charge in [-0.1, -0.05) is 24.6 Å². The smallest absolute Gasteiger partial charge is 0.174 e. The molecule has 1 aromatic carbocycles. The average Bonchev–Trinajstić information content (AvgIpc) is 3.31. The number of pyridine rings is 1. The standard InChI is InChI=1S/C27H32ClN5S/c1-17-10-13-32(14-11-17)24-9-8-20(16-22(24)28)33-26(21-15-18(2)31(4)19(21)3)25(30-27(33)34)23-7-5-6-12-29-23/h5-9,12,15-17,25-26H,10-11,13-14H2,1-4H3,(H,30,34)/t25-,26-/m1/s1. The van der Waals surface area contributed by atoms with Crippen molar-refractivity contribution in [2.45, 2.75) is 45.7 Å². The number of rotatable bonds is 4. The largest absolute Gasteiger partial charge is 0.370 e.